The molecular weight excluding hydrogens is 346 g/mol. The third-order valence-electron chi connectivity index (χ3n) is 5.48. The summed E-state index contributed by atoms with van der Waals surface area (Å²) in [5.74, 6) is 1.68. The third-order valence-corrected chi connectivity index (χ3v) is 5.48. The molecule has 1 aliphatic rings. The van der Waals surface area contributed by atoms with Crippen LogP contribution in [0.5, 0.6) is 5.75 Å². The number of nitrogens with zero attached hydrogens (tertiary/aromatic N) is 1. The Morgan fingerprint density at radius 1 is 1.04 bits per heavy atom. The summed E-state index contributed by atoms with van der Waals surface area (Å²) in [6.07, 6.45) is 8.61. The van der Waals surface area contributed by atoms with Crippen LogP contribution in [0.1, 0.15) is 51.0 Å². The number of nitrogens with one attached hydrogen (secondary N) is 2. The molecule has 1 unspecified atom stereocenters. The van der Waals surface area contributed by atoms with Crippen LogP contribution in [0.25, 0.3) is 0 Å². The van der Waals surface area contributed by atoms with E-state index in [0.717, 1.165) is 25.3 Å². The standard InChI is InChI=1S/C24H33N3O/c1-19(16-17-20-10-4-2-5-11-20)26-24(25-18-21-12-6-3-7-13-21)27-22-14-8-9-15-23(22)28/h2,4-5,8-11,14-15,19,21,28H,3,6-7,12-13,16-18H2,1H3,(H2,25,26,27). The van der Waals surface area contributed by atoms with Crippen LogP contribution < -0.4 is 10.6 Å². The van der Waals surface area contributed by atoms with Crippen molar-refractivity contribution in [2.24, 2.45) is 10.9 Å². The largest absolute Gasteiger partial charge is 0.506 e. The van der Waals surface area contributed by atoms with E-state index in [1.165, 1.54) is 37.7 Å². The summed E-state index contributed by atoms with van der Waals surface area (Å²) in [7, 11) is 0. The molecule has 0 bridgehead atoms. The van der Waals surface area contributed by atoms with Gasteiger partial charge in [-0.3, -0.25) is 4.99 Å². The topological polar surface area (TPSA) is 56.7 Å². The second-order valence-electron chi connectivity index (χ2n) is 7.91. The number of aromatic hydroxyl groups is 1. The van der Waals surface area contributed by atoms with E-state index < -0.39 is 0 Å². The number of aryl methyl sites for hydroxylation is 1. The normalized spacial score (nSPS) is 16.5. The van der Waals surface area contributed by atoms with E-state index >= 15 is 0 Å². The van der Waals surface area contributed by atoms with Crippen molar-refractivity contribution < 1.29 is 5.11 Å². The molecule has 1 aliphatic carbocycles. The molecule has 0 saturated heterocycles. The van der Waals surface area contributed by atoms with Crippen molar-refractivity contribution in [3.05, 3.63) is 60.2 Å². The van der Waals surface area contributed by atoms with Crippen molar-refractivity contribution >= 4 is 11.6 Å². The second-order valence-corrected chi connectivity index (χ2v) is 7.91. The highest BCUT2D eigenvalue weighted by Gasteiger charge is 2.14. The number of para-hydroxylation sites is 2. The summed E-state index contributed by atoms with van der Waals surface area (Å²) in [6.45, 7) is 3.03. The average molecular weight is 380 g/mol. The number of hydrogen-bond donors (Lipinski definition) is 3. The van der Waals surface area contributed by atoms with Crippen LogP contribution in [0.2, 0.25) is 0 Å². The zero-order valence-electron chi connectivity index (χ0n) is 16.9. The summed E-state index contributed by atoms with van der Waals surface area (Å²) in [5, 5.41) is 17.0. The minimum atomic E-state index is 0.242. The molecule has 150 valence electrons. The number of rotatable bonds is 7. The highest BCUT2D eigenvalue weighted by molar-refractivity contribution is 5.95. The van der Waals surface area contributed by atoms with Crippen LogP contribution >= 0.6 is 0 Å². The van der Waals surface area contributed by atoms with E-state index in [4.69, 9.17) is 4.99 Å². The molecule has 0 heterocycles. The maximum atomic E-state index is 10.1. The molecule has 1 fully saturated rings. The molecule has 4 heteroatoms. The lowest BCUT2D eigenvalue weighted by Crippen LogP contribution is -2.38. The van der Waals surface area contributed by atoms with Gasteiger partial charge in [-0.05, 0) is 56.2 Å². The molecule has 0 amide bonds. The van der Waals surface area contributed by atoms with Gasteiger partial charge in [0.2, 0.25) is 0 Å². The van der Waals surface area contributed by atoms with Gasteiger partial charge in [0.1, 0.15) is 5.75 Å². The molecule has 4 nitrogen and oxygen atoms in total. The number of hydrogen-bond acceptors (Lipinski definition) is 2. The van der Waals surface area contributed by atoms with Crippen LogP contribution in [-0.2, 0) is 6.42 Å². The predicted molar refractivity (Wildman–Crippen MR) is 118 cm³/mol. The number of phenols is 1. The van der Waals surface area contributed by atoms with Gasteiger partial charge in [-0.2, -0.15) is 0 Å². The second kappa shape index (κ2) is 10.7. The van der Waals surface area contributed by atoms with Gasteiger partial charge in [-0.15, -0.1) is 0 Å². The molecule has 0 aliphatic heterocycles. The zero-order chi connectivity index (χ0) is 19.6. The van der Waals surface area contributed by atoms with E-state index in [1.54, 1.807) is 6.07 Å². The molecule has 3 N–H and O–H groups in total. The van der Waals surface area contributed by atoms with Gasteiger partial charge in [0.25, 0.3) is 0 Å². The summed E-state index contributed by atoms with van der Waals surface area (Å²) in [5.41, 5.74) is 2.04. The average Bonchev–Trinajstić information content (AvgIpc) is 2.73. The summed E-state index contributed by atoms with van der Waals surface area (Å²) in [4.78, 5) is 4.86. The van der Waals surface area contributed by atoms with Gasteiger partial charge in [0.15, 0.2) is 5.96 Å². The van der Waals surface area contributed by atoms with Crippen molar-refractivity contribution in [2.45, 2.75) is 57.9 Å². The van der Waals surface area contributed by atoms with Gasteiger partial charge < -0.3 is 15.7 Å². The maximum Gasteiger partial charge on any atom is 0.196 e. The highest BCUT2D eigenvalue weighted by atomic mass is 16.3. The highest BCUT2D eigenvalue weighted by Crippen LogP contribution is 2.24. The minimum Gasteiger partial charge on any atom is -0.506 e. The Morgan fingerprint density at radius 2 is 1.75 bits per heavy atom. The fraction of sp³-hybridized carbons (Fsp3) is 0.458. The van der Waals surface area contributed by atoms with Crippen molar-refractivity contribution in [1.29, 1.82) is 0 Å². The first-order chi connectivity index (χ1) is 13.7. The zero-order valence-corrected chi connectivity index (χ0v) is 16.9. The van der Waals surface area contributed by atoms with Gasteiger partial charge in [0.05, 0.1) is 5.69 Å². The van der Waals surface area contributed by atoms with Gasteiger partial charge in [-0.1, -0.05) is 61.7 Å². The van der Waals surface area contributed by atoms with Crippen molar-refractivity contribution in [3.63, 3.8) is 0 Å². The van der Waals surface area contributed by atoms with Gasteiger partial charge in [-0.25, -0.2) is 0 Å². The lowest BCUT2D eigenvalue weighted by molar-refractivity contribution is 0.366. The number of anilines is 1. The molecular formula is C24H33N3O. The number of guanidine groups is 1. The quantitative estimate of drug-likeness (QED) is 0.345. The molecule has 1 saturated carbocycles. The molecule has 0 spiro atoms. The van der Waals surface area contributed by atoms with Crippen LogP contribution in [0, 0.1) is 5.92 Å². The maximum absolute atomic E-state index is 10.1. The Balaban J connectivity index is 1.61. The van der Waals surface area contributed by atoms with Crippen molar-refractivity contribution in [3.8, 4) is 5.75 Å². The summed E-state index contributed by atoms with van der Waals surface area (Å²) >= 11 is 0. The SMILES string of the molecule is CC(CCc1ccccc1)NC(=NCC1CCCCC1)Nc1ccccc1O. The first-order valence-corrected chi connectivity index (χ1v) is 10.6. The molecule has 3 rings (SSSR count). The Kier molecular flexibility index (Phi) is 7.77. The van der Waals surface area contributed by atoms with Gasteiger partial charge in [0, 0.05) is 12.6 Å². The number of benzene rings is 2. The third kappa shape index (κ3) is 6.59. The number of aliphatic imine (C=N–C) groups is 1. The summed E-state index contributed by atoms with van der Waals surface area (Å²) in [6, 6.07) is 18.2. The first kappa shape index (κ1) is 20.2. The van der Waals surface area contributed by atoms with E-state index in [9.17, 15) is 5.11 Å². The fourth-order valence-corrected chi connectivity index (χ4v) is 3.75. The van der Waals surface area contributed by atoms with E-state index in [0.29, 0.717) is 11.6 Å². The van der Waals surface area contributed by atoms with Crippen molar-refractivity contribution in [2.75, 3.05) is 11.9 Å². The first-order valence-electron chi connectivity index (χ1n) is 10.6. The lowest BCUT2D eigenvalue weighted by Gasteiger charge is -2.22. The van der Waals surface area contributed by atoms with Crippen molar-refractivity contribution in [1.82, 2.24) is 5.32 Å². The number of phenolic OH excluding ortho intramolecular Hbond substituents is 1. The molecule has 2 aromatic rings. The van der Waals surface area contributed by atoms with E-state index in [-0.39, 0.29) is 11.8 Å². The molecule has 1 atom stereocenters. The van der Waals surface area contributed by atoms with Crippen LogP contribution in [0.4, 0.5) is 5.69 Å². The minimum absolute atomic E-state index is 0.242. The molecule has 0 radical (unpaired) electrons. The lowest BCUT2D eigenvalue weighted by atomic mass is 9.89. The Labute approximate surface area is 169 Å². The predicted octanol–water partition coefficient (Wildman–Crippen LogP) is 5.35. The van der Waals surface area contributed by atoms with E-state index in [1.807, 2.05) is 18.2 Å². The van der Waals surface area contributed by atoms with Crippen LogP contribution in [0.15, 0.2) is 59.6 Å². The Bertz CT molecular complexity index is 739. The molecule has 28 heavy (non-hydrogen) atoms. The Morgan fingerprint density at radius 3 is 2.50 bits per heavy atom. The molecule has 2 aromatic carbocycles. The smallest absolute Gasteiger partial charge is 0.196 e. The fourth-order valence-electron chi connectivity index (χ4n) is 3.75. The van der Waals surface area contributed by atoms with Crippen LogP contribution in [-0.4, -0.2) is 23.7 Å². The monoisotopic (exact) mass is 379 g/mol. The van der Waals surface area contributed by atoms with Gasteiger partial charge >= 0.3 is 0 Å². The van der Waals surface area contributed by atoms with Crippen LogP contribution in [0.3, 0.4) is 0 Å². The van der Waals surface area contributed by atoms with E-state index in [2.05, 4.69) is 47.9 Å². The summed E-state index contributed by atoms with van der Waals surface area (Å²) < 4.78 is 0. The Hall–Kier alpha value is -2.49. The molecule has 0 aromatic heterocycles.